The minimum atomic E-state index is 0. The minimum Gasteiger partial charge on any atom is -0.295 e. The Bertz CT molecular complexity index is 103. The van der Waals surface area contributed by atoms with Crippen molar-refractivity contribution in [3.8, 4) is 0 Å². The molecule has 1 heteroatoms. The molecule has 0 saturated carbocycles. The van der Waals surface area contributed by atoms with Crippen molar-refractivity contribution in [1.29, 1.82) is 0 Å². The molecule has 10 heavy (non-hydrogen) atoms. The van der Waals surface area contributed by atoms with Crippen LogP contribution in [0.5, 0.6) is 0 Å². The van der Waals surface area contributed by atoms with Gasteiger partial charge in [-0.1, -0.05) is 33.3 Å². The first-order valence-electron chi connectivity index (χ1n) is 3.44. The van der Waals surface area contributed by atoms with Gasteiger partial charge in [-0.3, -0.25) is 4.79 Å². The number of carbonyl (C=O) groups is 1. The van der Waals surface area contributed by atoms with Crippen molar-refractivity contribution in [1.82, 2.24) is 0 Å². The number of unbranched alkanes of at least 4 members (excludes halogenated alkanes) is 2. The zero-order valence-electron chi connectivity index (χ0n) is 6.18. The van der Waals surface area contributed by atoms with Gasteiger partial charge in [0, 0.05) is 0 Å². The average Bonchev–Trinajstić information content (AvgIpc) is 1.80. The molecule has 0 spiro atoms. The summed E-state index contributed by atoms with van der Waals surface area (Å²) in [5.74, 6) is 0.145. The van der Waals surface area contributed by atoms with Crippen molar-refractivity contribution in [2.24, 2.45) is 0 Å². The lowest BCUT2D eigenvalue weighted by molar-refractivity contribution is -0.112. The maximum absolute atomic E-state index is 10.3. The van der Waals surface area contributed by atoms with Gasteiger partial charge < -0.3 is 0 Å². The summed E-state index contributed by atoms with van der Waals surface area (Å²) in [6, 6.07) is 0. The van der Waals surface area contributed by atoms with E-state index in [0.717, 1.165) is 6.42 Å². The molecule has 0 rings (SSSR count). The Hall–Kier alpha value is -0.590. The first kappa shape index (κ1) is 12.1. The van der Waals surface area contributed by atoms with Crippen LogP contribution >= 0.6 is 0 Å². The summed E-state index contributed by atoms with van der Waals surface area (Å²) >= 11 is 0. The van der Waals surface area contributed by atoms with Crippen LogP contribution < -0.4 is 0 Å². The Morgan fingerprint density at radius 1 is 1.50 bits per heavy atom. The fourth-order valence-corrected chi connectivity index (χ4v) is 0.571. The summed E-state index contributed by atoms with van der Waals surface area (Å²) in [6.45, 7) is 3.71. The molecule has 0 fully saturated rings. The standard InChI is InChI=1S/C8H14O.CH4/c1-3-4-5-6-7-8(2)9;/h6-7H,3-5H2,1-2H3;1H4. The van der Waals surface area contributed by atoms with Crippen molar-refractivity contribution in [3.63, 3.8) is 0 Å². The van der Waals surface area contributed by atoms with Gasteiger partial charge in [-0.15, -0.1) is 0 Å². The van der Waals surface area contributed by atoms with Crippen molar-refractivity contribution < 1.29 is 4.79 Å². The Balaban J connectivity index is 0. The molecule has 0 bridgehead atoms. The molecule has 0 saturated heterocycles. The van der Waals surface area contributed by atoms with E-state index in [1.54, 1.807) is 13.0 Å². The molecular weight excluding hydrogens is 124 g/mol. The molecule has 0 aliphatic rings. The summed E-state index contributed by atoms with van der Waals surface area (Å²) in [6.07, 6.45) is 6.99. The molecule has 60 valence electrons. The molecule has 0 N–H and O–H groups in total. The fourth-order valence-electron chi connectivity index (χ4n) is 0.571. The molecule has 0 heterocycles. The van der Waals surface area contributed by atoms with Crippen LogP contribution in [0.15, 0.2) is 12.2 Å². The van der Waals surface area contributed by atoms with Crippen LogP contribution in [0.2, 0.25) is 0 Å². The van der Waals surface area contributed by atoms with Crippen LogP contribution in [-0.2, 0) is 4.79 Å². The van der Waals surface area contributed by atoms with Crippen LogP contribution in [0.3, 0.4) is 0 Å². The van der Waals surface area contributed by atoms with Crippen molar-refractivity contribution >= 4 is 5.78 Å². The zero-order chi connectivity index (χ0) is 7.11. The summed E-state index contributed by atoms with van der Waals surface area (Å²) in [5.41, 5.74) is 0. The quantitative estimate of drug-likeness (QED) is 0.435. The third-order valence-corrected chi connectivity index (χ3v) is 1.08. The van der Waals surface area contributed by atoms with Gasteiger partial charge in [0.15, 0.2) is 5.78 Å². The lowest BCUT2D eigenvalue weighted by atomic mass is 10.2. The predicted molar refractivity (Wildman–Crippen MR) is 46.1 cm³/mol. The third kappa shape index (κ3) is 10.4. The lowest BCUT2D eigenvalue weighted by Gasteiger charge is -1.85. The maximum Gasteiger partial charge on any atom is 0.152 e. The van der Waals surface area contributed by atoms with E-state index in [2.05, 4.69) is 6.92 Å². The largest absolute Gasteiger partial charge is 0.295 e. The zero-order valence-corrected chi connectivity index (χ0v) is 6.18. The number of allylic oxidation sites excluding steroid dienone is 2. The van der Waals surface area contributed by atoms with Crippen molar-refractivity contribution in [2.75, 3.05) is 0 Å². The average molecular weight is 142 g/mol. The van der Waals surface area contributed by atoms with Crippen molar-refractivity contribution in [2.45, 2.75) is 40.5 Å². The van der Waals surface area contributed by atoms with Gasteiger partial charge in [-0.2, -0.15) is 0 Å². The topological polar surface area (TPSA) is 17.1 Å². The van der Waals surface area contributed by atoms with Gasteiger partial charge in [0.2, 0.25) is 0 Å². The van der Waals surface area contributed by atoms with Gasteiger partial charge >= 0.3 is 0 Å². The van der Waals surface area contributed by atoms with Gasteiger partial charge in [0.25, 0.3) is 0 Å². The van der Waals surface area contributed by atoms with Crippen LogP contribution in [0.4, 0.5) is 0 Å². The third-order valence-electron chi connectivity index (χ3n) is 1.08. The first-order chi connectivity index (χ1) is 4.27. The second-order valence-electron chi connectivity index (χ2n) is 2.16. The molecule has 0 radical (unpaired) electrons. The molecule has 0 aliphatic heterocycles. The van der Waals surface area contributed by atoms with E-state index in [4.69, 9.17) is 0 Å². The van der Waals surface area contributed by atoms with E-state index in [9.17, 15) is 4.79 Å². The van der Waals surface area contributed by atoms with Crippen molar-refractivity contribution in [3.05, 3.63) is 12.2 Å². The number of carbonyl (C=O) groups excluding carboxylic acids is 1. The van der Waals surface area contributed by atoms with Gasteiger partial charge in [-0.05, 0) is 19.4 Å². The van der Waals surface area contributed by atoms with Gasteiger partial charge in [0.05, 0.1) is 0 Å². The maximum atomic E-state index is 10.3. The normalized spacial score (nSPS) is 9.40. The molecule has 0 aromatic rings. The Morgan fingerprint density at radius 2 is 2.10 bits per heavy atom. The van der Waals surface area contributed by atoms with Gasteiger partial charge in [-0.25, -0.2) is 0 Å². The summed E-state index contributed by atoms with van der Waals surface area (Å²) in [7, 11) is 0. The van der Waals surface area contributed by atoms with E-state index in [-0.39, 0.29) is 13.2 Å². The van der Waals surface area contributed by atoms with E-state index in [1.165, 1.54) is 12.8 Å². The number of hydrogen-bond acceptors (Lipinski definition) is 1. The van der Waals surface area contributed by atoms with E-state index >= 15 is 0 Å². The number of rotatable bonds is 4. The van der Waals surface area contributed by atoms with Crippen LogP contribution in [0.25, 0.3) is 0 Å². The minimum absolute atomic E-state index is 0. The molecule has 0 atom stereocenters. The molecule has 0 aromatic carbocycles. The molecule has 0 aromatic heterocycles. The number of hydrogen-bond donors (Lipinski definition) is 0. The van der Waals surface area contributed by atoms with Crippen LogP contribution in [-0.4, -0.2) is 5.78 Å². The second kappa shape index (κ2) is 8.41. The molecule has 0 amide bonds. The molecular formula is C9H18O. The smallest absolute Gasteiger partial charge is 0.152 e. The van der Waals surface area contributed by atoms with E-state index in [1.807, 2.05) is 6.08 Å². The fraction of sp³-hybridized carbons (Fsp3) is 0.667. The monoisotopic (exact) mass is 142 g/mol. The highest BCUT2D eigenvalue weighted by molar-refractivity contribution is 5.87. The van der Waals surface area contributed by atoms with Gasteiger partial charge in [0.1, 0.15) is 0 Å². The first-order valence-corrected chi connectivity index (χ1v) is 3.44. The molecule has 1 nitrogen and oxygen atoms in total. The molecule has 0 aliphatic carbocycles. The van der Waals surface area contributed by atoms with Crippen LogP contribution in [0, 0.1) is 0 Å². The summed E-state index contributed by atoms with van der Waals surface area (Å²) in [5, 5.41) is 0. The van der Waals surface area contributed by atoms with E-state index < -0.39 is 0 Å². The Morgan fingerprint density at radius 3 is 2.50 bits per heavy atom. The second-order valence-corrected chi connectivity index (χ2v) is 2.16. The Labute approximate surface area is 64.1 Å². The highest BCUT2D eigenvalue weighted by atomic mass is 16.1. The van der Waals surface area contributed by atoms with Crippen LogP contribution in [0.1, 0.15) is 40.5 Å². The lowest BCUT2D eigenvalue weighted by Crippen LogP contribution is -1.79. The summed E-state index contributed by atoms with van der Waals surface area (Å²) in [4.78, 5) is 10.3. The highest BCUT2D eigenvalue weighted by Crippen LogP contribution is 1.94. The summed E-state index contributed by atoms with van der Waals surface area (Å²) < 4.78 is 0. The SMILES string of the molecule is C.CCCCC=CC(C)=O. The highest BCUT2D eigenvalue weighted by Gasteiger charge is 1.80. The van der Waals surface area contributed by atoms with E-state index in [0.29, 0.717) is 0 Å². The Kier molecular flexibility index (Phi) is 10.2. The predicted octanol–water partition coefficient (Wildman–Crippen LogP) is 2.96. The number of ketones is 1. The molecule has 0 unspecified atom stereocenters.